The van der Waals surface area contributed by atoms with Gasteiger partial charge in [0.25, 0.3) is 5.91 Å². The number of rotatable bonds is 3. The number of piperidine rings is 1. The molecular formula is C17H18ClN3O2S. The largest absolute Gasteiger partial charge is 0.369 e. The molecule has 0 saturated carbocycles. The monoisotopic (exact) mass is 363 g/mol. The van der Waals surface area contributed by atoms with Gasteiger partial charge in [-0.05, 0) is 25.8 Å². The number of primary amides is 1. The maximum absolute atomic E-state index is 12.8. The van der Waals surface area contributed by atoms with Crippen LogP contribution < -0.4 is 5.73 Å². The Morgan fingerprint density at radius 3 is 2.58 bits per heavy atom. The Bertz CT molecular complexity index is 782. The fourth-order valence-corrected chi connectivity index (χ4v) is 4.21. The van der Waals surface area contributed by atoms with Crippen molar-refractivity contribution < 1.29 is 9.59 Å². The van der Waals surface area contributed by atoms with E-state index in [1.54, 1.807) is 4.90 Å². The van der Waals surface area contributed by atoms with E-state index in [9.17, 15) is 9.59 Å². The lowest BCUT2D eigenvalue weighted by Gasteiger charge is -2.30. The van der Waals surface area contributed by atoms with Crippen molar-refractivity contribution >= 4 is 34.8 Å². The zero-order chi connectivity index (χ0) is 17.3. The molecule has 126 valence electrons. The van der Waals surface area contributed by atoms with E-state index in [1.165, 1.54) is 11.3 Å². The first-order chi connectivity index (χ1) is 11.5. The van der Waals surface area contributed by atoms with E-state index in [-0.39, 0.29) is 17.7 Å². The molecule has 0 unspecified atom stereocenters. The highest BCUT2D eigenvalue weighted by Gasteiger charge is 2.28. The summed E-state index contributed by atoms with van der Waals surface area (Å²) < 4.78 is 0. The molecule has 3 rings (SSSR count). The lowest BCUT2D eigenvalue weighted by molar-refractivity contribution is -0.123. The molecule has 1 aliphatic rings. The summed E-state index contributed by atoms with van der Waals surface area (Å²) in [7, 11) is 0. The first-order valence-electron chi connectivity index (χ1n) is 7.78. The molecule has 2 amide bonds. The molecule has 7 heteroatoms. The van der Waals surface area contributed by atoms with Crippen molar-refractivity contribution in [3.8, 4) is 10.6 Å². The average Bonchev–Trinajstić information content (AvgIpc) is 2.96. The third kappa shape index (κ3) is 3.30. The van der Waals surface area contributed by atoms with Gasteiger partial charge in [-0.1, -0.05) is 29.8 Å². The molecule has 0 spiro atoms. The molecule has 2 heterocycles. The lowest BCUT2D eigenvalue weighted by atomic mass is 9.96. The van der Waals surface area contributed by atoms with Crippen molar-refractivity contribution in [1.82, 2.24) is 9.88 Å². The molecule has 1 saturated heterocycles. The van der Waals surface area contributed by atoms with Crippen molar-refractivity contribution in [3.63, 3.8) is 0 Å². The van der Waals surface area contributed by atoms with Gasteiger partial charge in [-0.2, -0.15) is 0 Å². The molecule has 0 bridgehead atoms. The van der Waals surface area contributed by atoms with Crippen molar-refractivity contribution in [3.05, 3.63) is 39.9 Å². The fraction of sp³-hybridized carbons (Fsp3) is 0.353. The van der Waals surface area contributed by atoms with E-state index in [1.807, 2.05) is 31.2 Å². The molecule has 0 atom stereocenters. The average molecular weight is 364 g/mol. The minimum atomic E-state index is -0.280. The van der Waals surface area contributed by atoms with E-state index >= 15 is 0 Å². The van der Waals surface area contributed by atoms with Crippen LogP contribution in [0.1, 0.15) is 28.2 Å². The molecule has 2 aromatic rings. The topological polar surface area (TPSA) is 76.3 Å². The summed E-state index contributed by atoms with van der Waals surface area (Å²) in [5, 5.41) is 1.36. The molecule has 5 nitrogen and oxygen atoms in total. The number of hydrogen-bond acceptors (Lipinski definition) is 4. The number of carbonyl (C=O) groups excluding carboxylic acids is 2. The summed E-state index contributed by atoms with van der Waals surface area (Å²) in [6, 6.07) is 7.46. The van der Waals surface area contributed by atoms with Crippen LogP contribution in [0.4, 0.5) is 0 Å². The summed E-state index contributed by atoms with van der Waals surface area (Å²) in [5.41, 5.74) is 6.88. The lowest BCUT2D eigenvalue weighted by Crippen LogP contribution is -2.41. The Morgan fingerprint density at radius 2 is 1.96 bits per heavy atom. The van der Waals surface area contributed by atoms with Gasteiger partial charge in [0.05, 0.1) is 10.7 Å². The van der Waals surface area contributed by atoms with Crippen molar-refractivity contribution in [2.45, 2.75) is 19.8 Å². The van der Waals surface area contributed by atoms with E-state index in [0.29, 0.717) is 41.5 Å². The SMILES string of the molecule is Cc1nc(-c2ccccc2Cl)sc1C(=O)N1CCC(C(N)=O)CC1. The minimum absolute atomic E-state index is 0.0359. The van der Waals surface area contributed by atoms with Crippen molar-refractivity contribution in [1.29, 1.82) is 0 Å². The first-order valence-corrected chi connectivity index (χ1v) is 8.97. The highest BCUT2D eigenvalue weighted by atomic mass is 35.5. The van der Waals surface area contributed by atoms with Crippen LogP contribution in [0.25, 0.3) is 10.6 Å². The maximum atomic E-state index is 12.8. The summed E-state index contributed by atoms with van der Waals surface area (Å²) >= 11 is 7.58. The van der Waals surface area contributed by atoms with Crippen LogP contribution in [0.3, 0.4) is 0 Å². The second kappa shape index (κ2) is 6.91. The number of thiazole rings is 1. The van der Waals surface area contributed by atoms with E-state index in [2.05, 4.69) is 4.98 Å². The number of carbonyl (C=O) groups is 2. The predicted molar refractivity (Wildman–Crippen MR) is 95.1 cm³/mol. The zero-order valence-electron chi connectivity index (χ0n) is 13.3. The highest BCUT2D eigenvalue weighted by molar-refractivity contribution is 7.17. The van der Waals surface area contributed by atoms with Gasteiger partial charge in [0.15, 0.2) is 0 Å². The summed E-state index contributed by atoms with van der Waals surface area (Å²) in [5.74, 6) is -0.446. The predicted octanol–water partition coefficient (Wildman–Crippen LogP) is 3.11. The van der Waals surface area contributed by atoms with Gasteiger partial charge >= 0.3 is 0 Å². The standard InChI is InChI=1S/C17H18ClN3O2S/c1-10-14(17(23)21-8-6-11(7-9-21)15(19)22)24-16(20-10)12-4-2-3-5-13(12)18/h2-5,11H,6-9H2,1H3,(H2,19,22). The molecule has 0 aliphatic carbocycles. The number of nitrogens with zero attached hydrogens (tertiary/aromatic N) is 2. The van der Waals surface area contributed by atoms with Crippen molar-refractivity contribution in [2.75, 3.05) is 13.1 Å². The zero-order valence-corrected chi connectivity index (χ0v) is 14.9. The normalized spacial score (nSPS) is 15.5. The number of likely N-dealkylation sites (tertiary alicyclic amines) is 1. The number of benzene rings is 1. The van der Waals surface area contributed by atoms with Crippen molar-refractivity contribution in [2.24, 2.45) is 11.7 Å². The number of halogens is 1. The summed E-state index contributed by atoms with van der Waals surface area (Å²) in [4.78, 5) is 30.9. The molecular weight excluding hydrogens is 346 g/mol. The maximum Gasteiger partial charge on any atom is 0.265 e. The van der Waals surface area contributed by atoms with Gasteiger partial charge in [-0.15, -0.1) is 11.3 Å². The Morgan fingerprint density at radius 1 is 1.29 bits per heavy atom. The van der Waals surface area contributed by atoms with Crippen LogP contribution in [0.2, 0.25) is 5.02 Å². The third-order valence-corrected chi connectivity index (χ3v) is 5.79. The summed E-state index contributed by atoms with van der Waals surface area (Å²) in [6.07, 6.45) is 1.24. The number of hydrogen-bond donors (Lipinski definition) is 1. The molecule has 2 N–H and O–H groups in total. The molecule has 1 aromatic heterocycles. The van der Waals surface area contributed by atoms with Gasteiger partial charge in [-0.25, -0.2) is 4.98 Å². The number of nitrogens with two attached hydrogens (primary N) is 1. The molecule has 0 radical (unpaired) electrons. The Balaban J connectivity index is 1.80. The second-order valence-electron chi connectivity index (χ2n) is 5.88. The quantitative estimate of drug-likeness (QED) is 0.910. The highest BCUT2D eigenvalue weighted by Crippen LogP contribution is 2.33. The van der Waals surface area contributed by atoms with Crippen LogP contribution in [0.15, 0.2) is 24.3 Å². The van der Waals surface area contributed by atoms with E-state index in [4.69, 9.17) is 17.3 Å². The van der Waals surface area contributed by atoms with Crippen LogP contribution >= 0.6 is 22.9 Å². The molecule has 1 aliphatic heterocycles. The smallest absolute Gasteiger partial charge is 0.265 e. The third-order valence-electron chi connectivity index (χ3n) is 4.28. The van der Waals surface area contributed by atoms with E-state index in [0.717, 1.165) is 10.6 Å². The van der Waals surface area contributed by atoms with Gasteiger partial charge in [0.1, 0.15) is 9.88 Å². The molecule has 24 heavy (non-hydrogen) atoms. The Hall–Kier alpha value is -1.92. The van der Waals surface area contributed by atoms with Gasteiger partial charge in [0.2, 0.25) is 5.91 Å². The van der Waals surface area contributed by atoms with Crippen LogP contribution in [0, 0.1) is 12.8 Å². The number of aryl methyl sites for hydroxylation is 1. The second-order valence-corrected chi connectivity index (χ2v) is 7.29. The van der Waals surface area contributed by atoms with Crippen LogP contribution in [-0.4, -0.2) is 34.8 Å². The van der Waals surface area contributed by atoms with E-state index < -0.39 is 0 Å². The molecule has 1 fully saturated rings. The van der Waals surface area contributed by atoms with Crippen LogP contribution in [-0.2, 0) is 4.79 Å². The van der Waals surface area contributed by atoms with Gasteiger partial charge < -0.3 is 10.6 Å². The summed E-state index contributed by atoms with van der Waals surface area (Å²) in [6.45, 7) is 2.93. The van der Waals surface area contributed by atoms with Gasteiger partial charge in [0, 0.05) is 24.6 Å². The number of amides is 2. The minimum Gasteiger partial charge on any atom is -0.369 e. The Kier molecular flexibility index (Phi) is 4.87. The first kappa shape index (κ1) is 16.9. The fourth-order valence-electron chi connectivity index (χ4n) is 2.86. The van der Waals surface area contributed by atoms with Gasteiger partial charge in [-0.3, -0.25) is 9.59 Å². The molecule has 1 aromatic carbocycles. The van der Waals surface area contributed by atoms with Crippen LogP contribution in [0.5, 0.6) is 0 Å². The Labute approximate surface area is 149 Å². The number of aromatic nitrogens is 1.